The van der Waals surface area contributed by atoms with Gasteiger partial charge in [0.2, 0.25) is 11.7 Å². The van der Waals surface area contributed by atoms with Gasteiger partial charge in [-0.1, -0.05) is 0 Å². The van der Waals surface area contributed by atoms with Crippen molar-refractivity contribution in [2.45, 2.75) is 18.2 Å². The fourth-order valence-electron chi connectivity index (χ4n) is 2.48. The van der Waals surface area contributed by atoms with E-state index in [1.807, 2.05) is 0 Å². The van der Waals surface area contributed by atoms with Gasteiger partial charge in [-0.15, -0.1) is 0 Å². The molecule has 0 spiro atoms. The number of pyridine rings is 1. The van der Waals surface area contributed by atoms with Gasteiger partial charge in [0.15, 0.2) is 0 Å². The number of fused-ring (bicyclic) bond motifs is 1. The first-order chi connectivity index (χ1) is 13.7. The van der Waals surface area contributed by atoms with Gasteiger partial charge in [-0.2, -0.15) is 9.97 Å². The number of aromatic amines is 1. The van der Waals surface area contributed by atoms with E-state index in [1.54, 1.807) is 19.1 Å². The number of H-pyrrole nitrogens is 1. The van der Waals surface area contributed by atoms with E-state index >= 15 is 0 Å². The summed E-state index contributed by atoms with van der Waals surface area (Å²) in [5, 5.41) is 0.374. The molecule has 13 heteroatoms. The molecule has 3 aromatic heterocycles. The quantitative estimate of drug-likeness (QED) is 0.557. The van der Waals surface area contributed by atoms with E-state index in [-0.39, 0.29) is 22.4 Å². The fourth-order valence-corrected chi connectivity index (χ4v) is 3.59. The molecule has 0 amide bonds. The molecule has 0 aliphatic heterocycles. The molecule has 0 unspecified atom stereocenters. The van der Waals surface area contributed by atoms with Gasteiger partial charge >= 0.3 is 0 Å². The molecule has 3 aromatic rings. The summed E-state index contributed by atoms with van der Waals surface area (Å²) >= 11 is 0. The van der Waals surface area contributed by atoms with E-state index in [2.05, 4.69) is 24.7 Å². The minimum atomic E-state index is -4.12. The Morgan fingerprint density at radius 3 is 2.38 bits per heavy atom. The Kier molecular flexibility index (Phi) is 5.68. The number of anilines is 1. The number of halogens is 2. The Bertz CT molecular complexity index is 1110. The first-order valence-corrected chi connectivity index (χ1v) is 9.62. The summed E-state index contributed by atoms with van der Waals surface area (Å²) < 4.78 is 67.7. The van der Waals surface area contributed by atoms with Gasteiger partial charge in [0, 0.05) is 17.3 Å². The van der Waals surface area contributed by atoms with Gasteiger partial charge in [-0.25, -0.2) is 26.9 Å². The number of sulfonamides is 1. The van der Waals surface area contributed by atoms with Crippen LogP contribution in [0.4, 0.5) is 14.7 Å². The lowest BCUT2D eigenvalue weighted by molar-refractivity contribution is 0.0781. The summed E-state index contributed by atoms with van der Waals surface area (Å²) in [6, 6.07) is 3.29. The maximum Gasteiger partial charge on any atom is 0.272 e. The van der Waals surface area contributed by atoms with Crippen molar-refractivity contribution in [3.63, 3.8) is 0 Å². The zero-order valence-electron chi connectivity index (χ0n) is 15.6. The topological polar surface area (TPSA) is 128 Å². The molecule has 10 nitrogen and oxygen atoms in total. The molecule has 0 saturated carbocycles. The number of hydrogen-bond acceptors (Lipinski definition) is 8. The largest absolute Gasteiger partial charge is 0.478 e. The van der Waals surface area contributed by atoms with E-state index in [0.717, 1.165) is 0 Å². The molecule has 0 fully saturated rings. The van der Waals surface area contributed by atoms with Gasteiger partial charge in [-0.3, -0.25) is 0 Å². The zero-order valence-corrected chi connectivity index (χ0v) is 16.4. The Morgan fingerprint density at radius 2 is 1.79 bits per heavy atom. The molecule has 0 atom stereocenters. The summed E-state index contributed by atoms with van der Waals surface area (Å²) in [5.74, 6) is -1.21. The molecule has 0 radical (unpaired) electrons. The molecule has 2 N–H and O–H groups in total. The van der Waals surface area contributed by atoms with Gasteiger partial charge in [0.1, 0.15) is 17.1 Å². The second kappa shape index (κ2) is 8.03. The van der Waals surface area contributed by atoms with Gasteiger partial charge < -0.3 is 19.2 Å². The van der Waals surface area contributed by atoms with Crippen LogP contribution in [0.25, 0.3) is 11.0 Å². The van der Waals surface area contributed by atoms with Crippen molar-refractivity contribution in [1.82, 2.24) is 19.9 Å². The molecule has 3 rings (SSSR count). The average molecular weight is 429 g/mol. The van der Waals surface area contributed by atoms with Gasteiger partial charge in [0.05, 0.1) is 14.2 Å². The molecule has 29 heavy (non-hydrogen) atoms. The fraction of sp³-hybridized carbons (Fsp3) is 0.312. The van der Waals surface area contributed by atoms with Crippen molar-refractivity contribution < 1.29 is 31.4 Å². The number of nitrogens with one attached hydrogen (secondary N) is 2. The molecule has 0 aliphatic rings. The summed E-state index contributed by atoms with van der Waals surface area (Å²) in [6.07, 6.45) is -1.46. The number of alkyl halides is 2. The highest BCUT2D eigenvalue weighted by atomic mass is 32.2. The molecule has 3 heterocycles. The summed E-state index contributed by atoms with van der Waals surface area (Å²) in [5.41, 5.74) is 1.12. The number of methoxy groups -OCH3 is 2. The first-order valence-electron chi connectivity index (χ1n) is 8.13. The standard InChI is InChI=1S/C16H17F2N5O5S/c1-8-4-5-9-10(6-19-13(9)20-8)29(24,25)23-16-21-14(26-2)12(15(22-16)27-3)28-7-11(17)18/h4-6,11H,7H2,1-3H3,(H,19,20)(H,21,22,23). The maximum atomic E-state index is 12.8. The van der Waals surface area contributed by atoms with Crippen LogP contribution in [-0.2, 0) is 10.0 Å². The Labute approximate surface area is 164 Å². The lowest BCUT2D eigenvalue weighted by Gasteiger charge is -2.14. The normalized spacial score (nSPS) is 11.7. The van der Waals surface area contributed by atoms with Crippen LogP contribution in [0.15, 0.2) is 23.2 Å². The molecule has 0 bridgehead atoms. The second-order valence-electron chi connectivity index (χ2n) is 5.70. The average Bonchev–Trinajstić information content (AvgIpc) is 3.09. The number of hydrogen-bond donors (Lipinski definition) is 2. The Hall–Kier alpha value is -3.22. The van der Waals surface area contributed by atoms with Crippen molar-refractivity contribution in [2.75, 3.05) is 25.5 Å². The van der Waals surface area contributed by atoms with Crippen molar-refractivity contribution >= 4 is 27.0 Å². The molecule has 156 valence electrons. The van der Waals surface area contributed by atoms with E-state index in [0.29, 0.717) is 16.7 Å². The highest BCUT2D eigenvalue weighted by molar-refractivity contribution is 7.93. The van der Waals surface area contributed by atoms with Crippen molar-refractivity contribution in [2.24, 2.45) is 0 Å². The molecular weight excluding hydrogens is 412 g/mol. The van der Waals surface area contributed by atoms with Gasteiger partial charge in [0.25, 0.3) is 28.2 Å². The predicted octanol–water partition coefficient (Wildman–Crippen LogP) is 2.12. The number of nitrogens with zero attached hydrogens (tertiary/aromatic N) is 3. The van der Waals surface area contributed by atoms with Crippen molar-refractivity contribution in [1.29, 1.82) is 0 Å². The first kappa shape index (κ1) is 20.5. The van der Waals surface area contributed by atoms with Crippen LogP contribution in [-0.4, -0.2) is 55.6 Å². The third-order valence-electron chi connectivity index (χ3n) is 3.70. The second-order valence-corrected chi connectivity index (χ2v) is 7.36. The minimum absolute atomic E-state index is 0.0699. The van der Waals surface area contributed by atoms with Crippen LogP contribution < -0.4 is 18.9 Å². The van der Waals surface area contributed by atoms with E-state index in [1.165, 1.54) is 20.4 Å². The zero-order chi connectivity index (χ0) is 21.2. The minimum Gasteiger partial charge on any atom is -0.478 e. The molecule has 0 aliphatic carbocycles. The van der Waals surface area contributed by atoms with Crippen LogP contribution in [0.1, 0.15) is 5.69 Å². The lowest BCUT2D eigenvalue weighted by Crippen LogP contribution is -2.16. The van der Waals surface area contributed by atoms with E-state index < -0.39 is 29.0 Å². The van der Waals surface area contributed by atoms with Gasteiger partial charge in [-0.05, 0) is 19.1 Å². The number of ether oxygens (including phenoxy) is 3. The highest BCUT2D eigenvalue weighted by Crippen LogP contribution is 2.36. The summed E-state index contributed by atoms with van der Waals surface area (Å²) in [6.45, 7) is 0.833. The Balaban J connectivity index is 1.97. The monoisotopic (exact) mass is 429 g/mol. The van der Waals surface area contributed by atoms with Crippen molar-refractivity contribution in [3.8, 4) is 17.5 Å². The van der Waals surface area contributed by atoms with Crippen LogP contribution in [0.3, 0.4) is 0 Å². The smallest absolute Gasteiger partial charge is 0.272 e. The van der Waals surface area contributed by atoms with Crippen LogP contribution in [0, 0.1) is 6.92 Å². The SMILES string of the molecule is COc1nc(NS(=O)(=O)c2c[nH]c3nc(C)ccc23)nc(OC)c1OCC(F)F. The van der Waals surface area contributed by atoms with Crippen LogP contribution >= 0.6 is 0 Å². The predicted molar refractivity (Wildman–Crippen MR) is 98.3 cm³/mol. The van der Waals surface area contributed by atoms with Crippen LogP contribution in [0.5, 0.6) is 17.5 Å². The third kappa shape index (κ3) is 4.29. The van der Waals surface area contributed by atoms with Crippen LogP contribution in [0.2, 0.25) is 0 Å². The molecule has 0 aromatic carbocycles. The summed E-state index contributed by atoms with van der Waals surface area (Å²) in [7, 11) is -1.69. The Morgan fingerprint density at radius 1 is 1.14 bits per heavy atom. The maximum absolute atomic E-state index is 12.8. The third-order valence-corrected chi connectivity index (χ3v) is 5.07. The van der Waals surface area contributed by atoms with Crippen molar-refractivity contribution in [3.05, 3.63) is 24.0 Å². The molecular formula is C16H17F2N5O5S. The summed E-state index contributed by atoms with van der Waals surface area (Å²) in [4.78, 5) is 14.7. The number of rotatable bonds is 8. The van der Waals surface area contributed by atoms with E-state index in [4.69, 9.17) is 14.2 Å². The lowest BCUT2D eigenvalue weighted by atomic mass is 10.3. The molecule has 0 saturated heterocycles. The highest BCUT2D eigenvalue weighted by Gasteiger charge is 2.25. The van der Waals surface area contributed by atoms with E-state index in [9.17, 15) is 17.2 Å². The number of aryl methyl sites for hydroxylation is 1. The number of aromatic nitrogens is 4.